The monoisotopic (exact) mass is 915 g/mol. The van der Waals surface area contributed by atoms with Crippen molar-refractivity contribution in [1.82, 2.24) is 0 Å². The van der Waals surface area contributed by atoms with Crippen LogP contribution in [0.1, 0.15) is 22.3 Å². The molecule has 72 heavy (non-hydrogen) atoms. The minimum absolute atomic E-state index is 0.537. The molecule has 0 spiro atoms. The van der Waals surface area contributed by atoms with Gasteiger partial charge in [-0.2, -0.15) is 0 Å². The number of anilines is 3. The van der Waals surface area contributed by atoms with Gasteiger partial charge in [0.1, 0.15) is 0 Å². The zero-order valence-electron chi connectivity index (χ0n) is 39.7. The van der Waals surface area contributed by atoms with Crippen LogP contribution >= 0.6 is 0 Å². The first kappa shape index (κ1) is 42.8. The van der Waals surface area contributed by atoms with Gasteiger partial charge in [-0.1, -0.05) is 243 Å². The first-order chi connectivity index (χ1) is 35.7. The van der Waals surface area contributed by atoms with Crippen LogP contribution < -0.4 is 4.90 Å². The van der Waals surface area contributed by atoms with Crippen LogP contribution in [-0.2, 0) is 5.41 Å². The number of nitrogens with zero attached hydrogens (tertiary/aromatic N) is 1. The van der Waals surface area contributed by atoms with Gasteiger partial charge in [-0.3, -0.25) is 0 Å². The Labute approximate surface area is 422 Å². The maximum Gasteiger partial charge on any atom is 0.0714 e. The number of rotatable bonds is 10. The second-order valence-corrected chi connectivity index (χ2v) is 18.9. The Hall–Kier alpha value is -9.30. The summed E-state index contributed by atoms with van der Waals surface area (Å²) in [6, 6.07) is 109. The fourth-order valence-corrected chi connectivity index (χ4v) is 11.3. The van der Waals surface area contributed by atoms with Gasteiger partial charge >= 0.3 is 0 Å². The third-order valence-electron chi connectivity index (χ3n) is 14.7. The van der Waals surface area contributed by atoms with E-state index in [0.29, 0.717) is 0 Å². The Morgan fingerprint density at radius 3 is 1.25 bits per heavy atom. The van der Waals surface area contributed by atoms with Crippen molar-refractivity contribution in [2.24, 2.45) is 0 Å². The molecule has 0 N–H and O–H groups in total. The van der Waals surface area contributed by atoms with Crippen LogP contribution in [0.25, 0.3) is 77.5 Å². The highest BCUT2D eigenvalue weighted by atomic mass is 15.1. The van der Waals surface area contributed by atoms with E-state index in [1.54, 1.807) is 0 Å². The molecule has 1 aliphatic carbocycles. The van der Waals surface area contributed by atoms with Crippen LogP contribution in [0.2, 0.25) is 0 Å². The summed E-state index contributed by atoms with van der Waals surface area (Å²) in [4.78, 5) is 2.46. The first-order valence-corrected chi connectivity index (χ1v) is 24.9. The van der Waals surface area contributed by atoms with Gasteiger partial charge in [0.15, 0.2) is 0 Å². The second kappa shape index (κ2) is 18.2. The number of benzene rings is 12. The molecule has 0 radical (unpaired) electrons. The molecule has 0 amide bonds. The normalized spacial score (nSPS) is 12.3. The lowest BCUT2D eigenvalue weighted by atomic mass is 9.67. The lowest BCUT2D eigenvalue weighted by Crippen LogP contribution is -2.28. The summed E-state index contributed by atoms with van der Waals surface area (Å²) in [7, 11) is 0. The molecule has 0 aliphatic heterocycles. The summed E-state index contributed by atoms with van der Waals surface area (Å²) in [6.07, 6.45) is 0. The van der Waals surface area contributed by atoms with Crippen LogP contribution in [0.3, 0.4) is 0 Å². The van der Waals surface area contributed by atoms with Crippen molar-refractivity contribution in [2.45, 2.75) is 5.41 Å². The minimum atomic E-state index is -0.537. The Bertz CT molecular complexity index is 3780. The van der Waals surface area contributed by atoms with Gasteiger partial charge in [-0.25, -0.2) is 0 Å². The third-order valence-corrected chi connectivity index (χ3v) is 14.7. The highest BCUT2D eigenvalue weighted by Crippen LogP contribution is 2.57. The van der Waals surface area contributed by atoms with Crippen molar-refractivity contribution in [3.8, 4) is 66.8 Å². The SMILES string of the molecule is c1ccc(-c2cc(-c3ccccc3)cc(N(c3ccc(-c4ccc(-c5cccc(-c6ccc7ccccc7c6)c5)cc4)cc3)c3ccc4c(c3)C(c3ccccc3)(c3ccccc3)c3ccccc3-4)c2)cc1. The minimum Gasteiger partial charge on any atom is -0.310 e. The molecular weight excluding hydrogens is 867 g/mol. The smallest absolute Gasteiger partial charge is 0.0714 e. The molecule has 338 valence electrons. The third kappa shape index (κ3) is 7.60. The van der Waals surface area contributed by atoms with Crippen LogP contribution in [0.4, 0.5) is 17.1 Å². The maximum atomic E-state index is 2.47. The van der Waals surface area contributed by atoms with E-state index in [0.717, 1.165) is 33.8 Å². The lowest BCUT2D eigenvalue weighted by Gasteiger charge is -2.35. The highest BCUT2D eigenvalue weighted by Gasteiger charge is 2.46. The molecule has 1 aliphatic rings. The molecule has 0 saturated carbocycles. The zero-order valence-corrected chi connectivity index (χ0v) is 39.7. The van der Waals surface area contributed by atoms with Crippen LogP contribution in [0.15, 0.2) is 297 Å². The Balaban J connectivity index is 0.939. The molecule has 0 bridgehead atoms. The quantitative estimate of drug-likeness (QED) is 0.132. The number of fused-ring (bicyclic) bond motifs is 4. The van der Waals surface area contributed by atoms with Crippen LogP contribution in [0, 0.1) is 0 Å². The van der Waals surface area contributed by atoms with Gasteiger partial charge in [0.2, 0.25) is 0 Å². The van der Waals surface area contributed by atoms with Crippen molar-refractivity contribution in [1.29, 1.82) is 0 Å². The van der Waals surface area contributed by atoms with E-state index in [1.165, 1.54) is 83.1 Å². The molecule has 0 heterocycles. The summed E-state index contributed by atoms with van der Waals surface area (Å²) in [5.74, 6) is 0. The number of hydrogen-bond donors (Lipinski definition) is 0. The van der Waals surface area contributed by atoms with Gasteiger partial charge in [0.25, 0.3) is 0 Å². The molecule has 0 fully saturated rings. The fourth-order valence-electron chi connectivity index (χ4n) is 11.3. The van der Waals surface area contributed by atoms with E-state index < -0.39 is 5.41 Å². The average molecular weight is 916 g/mol. The van der Waals surface area contributed by atoms with Crippen LogP contribution in [0.5, 0.6) is 0 Å². The van der Waals surface area contributed by atoms with Gasteiger partial charge in [0.05, 0.1) is 5.41 Å². The fraction of sp³-hybridized carbons (Fsp3) is 0.0141. The first-order valence-electron chi connectivity index (χ1n) is 24.9. The van der Waals surface area contributed by atoms with E-state index in [9.17, 15) is 0 Å². The van der Waals surface area contributed by atoms with E-state index >= 15 is 0 Å². The topological polar surface area (TPSA) is 3.24 Å². The zero-order chi connectivity index (χ0) is 47.8. The molecule has 1 nitrogen and oxygen atoms in total. The summed E-state index contributed by atoms with van der Waals surface area (Å²) in [5.41, 5.74) is 22.1. The largest absolute Gasteiger partial charge is 0.310 e. The van der Waals surface area contributed by atoms with E-state index in [1.807, 2.05) is 0 Å². The predicted octanol–water partition coefficient (Wildman–Crippen LogP) is 19.0. The predicted molar refractivity (Wildman–Crippen MR) is 303 cm³/mol. The Morgan fingerprint density at radius 1 is 0.208 bits per heavy atom. The molecular formula is C71H49N. The molecule has 0 atom stereocenters. The molecule has 0 saturated heterocycles. The summed E-state index contributed by atoms with van der Waals surface area (Å²) in [5, 5.41) is 2.51. The molecule has 0 unspecified atom stereocenters. The van der Waals surface area contributed by atoms with Gasteiger partial charge in [-0.15, -0.1) is 0 Å². The molecule has 1 heteroatoms. The van der Waals surface area contributed by atoms with Crippen molar-refractivity contribution < 1.29 is 0 Å². The Kier molecular flexibility index (Phi) is 10.8. The lowest BCUT2D eigenvalue weighted by molar-refractivity contribution is 0.768. The summed E-state index contributed by atoms with van der Waals surface area (Å²) in [6.45, 7) is 0. The van der Waals surface area contributed by atoms with Crippen molar-refractivity contribution >= 4 is 27.8 Å². The second-order valence-electron chi connectivity index (χ2n) is 18.9. The van der Waals surface area contributed by atoms with Gasteiger partial charge in [-0.05, 0) is 154 Å². The van der Waals surface area contributed by atoms with Crippen molar-refractivity contribution in [2.75, 3.05) is 4.90 Å². The van der Waals surface area contributed by atoms with E-state index in [-0.39, 0.29) is 0 Å². The summed E-state index contributed by atoms with van der Waals surface area (Å²) < 4.78 is 0. The highest BCUT2D eigenvalue weighted by molar-refractivity contribution is 5.92. The van der Waals surface area contributed by atoms with Gasteiger partial charge < -0.3 is 4.90 Å². The van der Waals surface area contributed by atoms with Crippen molar-refractivity contribution in [3.05, 3.63) is 320 Å². The maximum absolute atomic E-state index is 2.47. The molecule has 0 aromatic heterocycles. The van der Waals surface area contributed by atoms with E-state index in [2.05, 4.69) is 302 Å². The molecule has 12 aromatic carbocycles. The Morgan fingerprint density at radius 2 is 0.625 bits per heavy atom. The molecule has 12 aromatic rings. The summed E-state index contributed by atoms with van der Waals surface area (Å²) >= 11 is 0. The van der Waals surface area contributed by atoms with Crippen LogP contribution in [-0.4, -0.2) is 0 Å². The van der Waals surface area contributed by atoms with Gasteiger partial charge in [0, 0.05) is 17.1 Å². The average Bonchev–Trinajstić information content (AvgIpc) is 3.76. The molecule has 13 rings (SSSR count). The van der Waals surface area contributed by atoms with E-state index in [4.69, 9.17) is 0 Å². The number of hydrogen-bond acceptors (Lipinski definition) is 1. The standard InChI is InChI=1S/C71H49N/c1-5-18-50(19-6-1)60-46-61(51-20-7-2-8-21-51)48-66(47-60)72(65-42-43-68-67-30-15-16-31-69(67)71(70(68)49-65,62-26-9-3-10-27-62)63-28-11-4-12-29-63)64-40-38-54(39-41-64)53-32-34-55(35-33-53)57-24-17-25-58(44-57)59-37-36-52-22-13-14-23-56(52)45-59/h1-49H. The van der Waals surface area contributed by atoms with Crippen molar-refractivity contribution in [3.63, 3.8) is 0 Å².